The second-order valence-electron chi connectivity index (χ2n) is 33.9. The Morgan fingerprint density at radius 1 is 0.338 bits per heavy atom. The number of aromatic amines is 4. The maximum absolute atomic E-state index is 13.5. The smallest absolute Gasteiger partial charge is 0.416 e. The van der Waals surface area contributed by atoms with Crippen LogP contribution < -0.4 is 28.4 Å². The van der Waals surface area contributed by atoms with Crippen molar-refractivity contribution in [3.8, 4) is 34.5 Å². The first-order valence-electron chi connectivity index (χ1n) is 44.2. The summed E-state index contributed by atoms with van der Waals surface area (Å²) in [6.07, 6.45) is 0.960. The van der Waals surface area contributed by atoms with Crippen LogP contribution in [-0.2, 0) is 40.4 Å². The van der Waals surface area contributed by atoms with Crippen LogP contribution in [0.4, 0.5) is 19.2 Å². The number of morpholine rings is 1. The predicted molar refractivity (Wildman–Crippen MR) is 532 cm³/mol. The zero-order chi connectivity index (χ0) is 94.3. The lowest BCUT2D eigenvalue weighted by Crippen LogP contribution is -2.42. The van der Waals surface area contributed by atoms with Gasteiger partial charge in [0, 0.05) is 146 Å². The molecule has 4 N–H and O–H groups in total. The Bertz CT molecular complexity index is 7330. The first-order valence-corrected chi connectivity index (χ1v) is 48.6. The summed E-state index contributed by atoms with van der Waals surface area (Å²) in [5, 5.41) is 9.28. The van der Waals surface area contributed by atoms with E-state index in [2.05, 4.69) is 82.3 Å². The number of fused-ring (bicyclic) bond motifs is 13. The molecule has 22 nitrogen and oxygen atoms in total. The van der Waals surface area contributed by atoms with Gasteiger partial charge in [0.15, 0.2) is 11.5 Å². The Labute approximate surface area is 823 Å². The van der Waals surface area contributed by atoms with Gasteiger partial charge in [-0.2, -0.15) is 4.31 Å². The number of sulfonamides is 1. The molecule has 136 heavy (non-hydrogen) atoms. The van der Waals surface area contributed by atoms with Crippen molar-refractivity contribution in [1.29, 1.82) is 0 Å². The number of aromatic nitrogens is 4. The molecular formula is C105H87Cl8N9O13S. The molecule has 4 amide bonds. The lowest BCUT2D eigenvalue weighted by molar-refractivity contribution is 0.0730. The Morgan fingerprint density at radius 3 is 0.949 bits per heavy atom. The fourth-order valence-corrected chi connectivity index (χ4v) is 21.1. The van der Waals surface area contributed by atoms with Gasteiger partial charge in [-0.15, -0.1) is 0 Å². The third-order valence-electron chi connectivity index (χ3n) is 25.2. The molecule has 1 saturated heterocycles. The van der Waals surface area contributed by atoms with E-state index in [0.717, 1.165) is 99.8 Å². The monoisotopic (exact) mass is 1990 g/mol. The molecule has 0 radical (unpaired) electrons. The van der Waals surface area contributed by atoms with Crippen molar-refractivity contribution in [3.63, 3.8) is 0 Å². The van der Waals surface area contributed by atoms with E-state index in [-0.39, 0.29) is 23.8 Å². The largest absolute Gasteiger partial charge is 0.454 e. The van der Waals surface area contributed by atoms with Crippen molar-refractivity contribution in [1.82, 2.24) is 43.8 Å². The van der Waals surface area contributed by atoms with E-state index in [9.17, 15) is 27.6 Å². The van der Waals surface area contributed by atoms with Crippen LogP contribution in [0.3, 0.4) is 0 Å². The first kappa shape index (κ1) is 92.7. The fourth-order valence-electron chi connectivity index (χ4n) is 18.5. The van der Waals surface area contributed by atoms with Gasteiger partial charge >= 0.3 is 24.4 Å². The van der Waals surface area contributed by atoms with Crippen LogP contribution in [0.2, 0.25) is 40.2 Å². The molecule has 4 aromatic heterocycles. The van der Waals surface area contributed by atoms with E-state index in [1.807, 2.05) is 97.9 Å². The molecule has 6 aliphatic heterocycles. The summed E-state index contributed by atoms with van der Waals surface area (Å²) >= 11 is 49.0. The summed E-state index contributed by atoms with van der Waals surface area (Å²) in [6, 6.07) is 77.8. The van der Waals surface area contributed by atoms with Gasteiger partial charge in [-0.1, -0.05) is 179 Å². The number of benzene rings is 12. The highest BCUT2D eigenvalue weighted by atomic mass is 35.5. The average molecular weight is 2000 g/mol. The van der Waals surface area contributed by atoms with Crippen molar-refractivity contribution in [2.75, 3.05) is 59.3 Å². The van der Waals surface area contributed by atoms with Gasteiger partial charge in [0.1, 0.15) is 47.2 Å². The SMILES string of the molecule is CC(C)c1ccc(C2c3[nH]c4ccc(Cl)cc4c3CCN2C(=O)Oc2ccc(Cl)cc2)cc1.Cc1ccc(C2c3[nH]c4ccc(Cl)cc4c3CCN2C(=O)Oc2ccc(Cl)cc2)cc1.O=C(Oc1ccc(Cl)cc1)N1CCc2c([nH]c3ccc(Cl)cc23)C1c1ccc(S(=O)(=O)N2CCOCC2)cc1.O=C(Oc1ccc(Cl)cc1)N1CCc2c([nH]c3ccc(Cl)cc23)C1c1ccc2c(c1)OCO2. The van der Waals surface area contributed by atoms with Gasteiger partial charge < -0.3 is 53.1 Å². The van der Waals surface area contributed by atoms with Gasteiger partial charge in [-0.3, -0.25) is 19.6 Å². The molecule has 10 heterocycles. The minimum Gasteiger partial charge on any atom is -0.454 e. The Kier molecular flexibility index (Phi) is 27.1. The zero-order valence-electron chi connectivity index (χ0n) is 73.4. The molecule has 4 unspecified atom stereocenters. The molecule has 692 valence electrons. The number of nitrogens with zero attached hydrogens (tertiary/aromatic N) is 5. The fraction of sp³-hybridized carbons (Fsp3) is 0.200. The summed E-state index contributed by atoms with van der Waals surface area (Å²) in [7, 11) is -3.65. The van der Waals surface area contributed by atoms with Crippen LogP contribution in [0.5, 0.6) is 34.5 Å². The number of rotatable bonds is 11. The van der Waals surface area contributed by atoms with Crippen LogP contribution in [0.15, 0.2) is 266 Å². The third kappa shape index (κ3) is 19.6. The van der Waals surface area contributed by atoms with Crippen molar-refractivity contribution in [3.05, 3.63) is 379 Å². The lowest BCUT2D eigenvalue weighted by atomic mass is 9.91. The summed E-state index contributed by atoms with van der Waals surface area (Å²) in [4.78, 5) is 74.6. The van der Waals surface area contributed by atoms with Crippen molar-refractivity contribution >= 4 is 171 Å². The molecule has 12 aromatic carbocycles. The van der Waals surface area contributed by atoms with Crippen LogP contribution in [0.1, 0.15) is 122 Å². The van der Waals surface area contributed by atoms with Crippen molar-refractivity contribution in [2.45, 2.75) is 81.4 Å². The van der Waals surface area contributed by atoms with Crippen LogP contribution in [-0.4, -0.2) is 136 Å². The summed E-state index contributed by atoms with van der Waals surface area (Å²) < 4.78 is 67.0. The highest BCUT2D eigenvalue weighted by Crippen LogP contribution is 2.48. The second kappa shape index (κ2) is 39.8. The lowest BCUT2D eigenvalue weighted by Gasteiger charge is -2.35. The van der Waals surface area contributed by atoms with Gasteiger partial charge in [0.2, 0.25) is 16.8 Å². The number of amides is 4. The van der Waals surface area contributed by atoms with Crippen molar-refractivity contribution in [2.24, 2.45) is 0 Å². The van der Waals surface area contributed by atoms with Gasteiger partial charge in [-0.25, -0.2) is 27.6 Å². The van der Waals surface area contributed by atoms with E-state index in [1.54, 1.807) is 141 Å². The highest BCUT2D eigenvalue weighted by Gasteiger charge is 2.42. The summed E-state index contributed by atoms with van der Waals surface area (Å²) in [5.41, 5.74) is 18.4. The molecule has 0 spiro atoms. The van der Waals surface area contributed by atoms with E-state index >= 15 is 0 Å². The molecule has 0 saturated carbocycles. The number of ether oxygens (including phenoxy) is 7. The standard InChI is InChI=1S/C28H25Cl2N3O5S.C27H24Cl2N2O2.C25H18Cl2N2O4.C25H20Cl2N2O2/c29-19-3-6-21(7-4-19)38-28(34)33-12-11-23-24-17-20(30)5-10-25(24)31-26(23)27(33)18-1-8-22(9-2-18)39(35,36)32-13-15-37-16-14-32;1-16(2)17-3-5-18(6-4-17)26-25-22(23-15-20(29)9-12-24(23)30-25)13-14-31(26)27(32)33-21-10-7-19(28)8-11-21;26-15-2-5-17(6-3-15)33-25(30)29-10-9-18-19-12-16(27)4-7-20(19)28-23(18)24(29)14-1-8-21-22(11-14)32-13-31-21;1-15-2-4-16(5-3-15)24-23-20(21-14-18(27)8-11-22(21)28-23)12-13-29(24)25(30)31-19-9-6-17(26)7-10-19/h1-10,17,27,31H,11-16H2;3-12,15-16,26,30H,13-14H2,1-2H3;1-8,11-12,24,28H,9-10,13H2;2-11,14,24,28H,12-13H2,1H3. The highest BCUT2D eigenvalue weighted by molar-refractivity contribution is 7.89. The predicted octanol–water partition coefficient (Wildman–Crippen LogP) is 26.7. The maximum Gasteiger partial charge on any atom is 0.416 e. The van der Waals surface area contributed by atoms with Crippen LogP contribution in [0, 0.1) is 6.92 Å². The molecule has 16 aromatic rings. The molecular weight excluding hydrogens is 1910 g/mol. The number of halogens is 8. The Morgan fingerprint density at radius 2 is 0.625 bits per heavy atom. The van der Waals surface area contributed by atoms with Crippen LogP contribution in [0.25, 0.3) is 43.6 Å². The van der Waals surface area contributed by atoms with Gasteiger partial charge in [0.05, 0.1) is 18.1 Å². The minimum absolute atomic E-state index is 0.182. The van der Waals surface area contributed by atoms with E-state index in [4.69, 9.17) is 126 Å². The quantitative estimate of drug-likeness (QED) is 0.0942. The van der Waals surface area contributed by atoms with E-state index < -0.39 is 46.5 Å². The molecule has 31 heteroatoms. The minimum atomic E-state index is -3.65. The topological polar surface area (TPSA) is 246 Å². The number of carbonyl (C=O) groups is 4. The first-order chi connectivity index (χ1) is 65.8. The number of aryl methyl sites for hydroxylation is 1. The number of hydrogen-bond acceptors (Lipinski definition) is 13. The van der Waals surface area contributed by atoms with Gasteiger partial charge in [-0.05, 0) is 283 Å². The summed E-state index contributed by atoms with van der Waals surface area (Å²) in [6.45, 7) is 9.91. The molecule has 0 bridgehead atoms. The maximum atomic E-state index is 13.5. The number of hydrogen-bond donors (Lipinski definition) is 4. The Balaban J connectivity index is 0.000000117. The van der Waals surface area contributed by atoms with E-state index in [0.29, 0.717) is 159 Å². The van der Waals surface area contributed by atoms with Crippen LogP contribution >= 0.6 is 92.8 Å². The molecule has 4 atom stereocenters. The average Bonchev–Trinajstić information content (AvgIpc) is 1.59. The number of carbonyl (C=O) groups excluding carboxylic acids is 4. The number of nitrogens with one attached hydrogen (secondary N) is 4. The molecule has 0 aliphatic carbocycles. The van der Waals surface area contributed by atoms with Crippen molar-refractivity contribution < 1.29 is 60.8 Å². The summed E-state index contributed by atoms with van der Waals surface area (Å²) in [5.74, 6) is 3.52. The molecule has 1 fully saturated rings. The molecule has 22 rings (SSSR count). The third-order valence-corrected chi connectivity index (χ3v) is 29.1. The zero-order valence-corrected chi connectivity index (χ0v) is 80.2. The normalized spacial score (nSPS) is 16.6. The Hall–Kier alpha value is -12.3. The second-order valence-corrected chi connectivity index (χ2v) is 39.4. The molecule has 6 aliphatic rings. The van der Waals surface area contributed by atoms with E-state index in [1.165, 1.54) is 26.6 Å². The number of H-pyrrole nitrogens is 4. The van der Waals surface area contributed by atoms with Gasteiger partial charge in [0.25, 0.3) is 0 Å².